The summed E-state index contributed by atoms with van der Waals surface area (Å²) in [5.74, 6) is 0.669. The number of nitrogens with zero attached hydrogens (tertiary/aromatic N) is 2. The fourth-order valence-corrected chi connectivity index (χ4v) is 3.78. The maximum absolute atomic E-state index is 12.1. The van der Waals surface area contributed by atoms with Crippen molar-refractivity contribution in [3.8, 4) is 5.75 Å². The topological polar surface area (TPSA) is 74.7 Å². The molecule has 2 aliphatic heterocycles. The van der Waals surface area contributed by atoms with E-state index in [0.29, 0.717) is 31.9 Å². The van der Waals surface area contributed by atoms with E-state index in [1.54, 1.807) is 10.9 Å². The van der Waals surface area contributed by atoms with Crippen molar-refractivity contribution in [3.63, 3.8) is 0 Å². The van der Waals surface area contributed by atoms with Crippen LogP contribution >= 0.6 is 11.3 Å². The smallest absolute Gasteiger partial charge is 0.271 e. The van der Waals surface area contributed by atoms with E-state index in [1.165, 1.54) is 11.3 Å². The average Bonchev–Trinajstić information content (AvgIpc) is 3.25. The molecule has 0 unspecified atom stereocenters. The first-order valence-electron chi connectivity index (χ1n) is 8.20. The van der Waals surface area contributed by atoms with Crippen LogP contribution < -0.4 is 10.1 Å². The van der Waals surface area contributed by atoms with E-state index in [2.05, 4.69) is 21.3 Å². The summed E-state index contributed by atoms with van der Waals surface area (Å²) in [5, 5.41) is 14.8. The van der Waals surface area contributed by atoms with Crippen LogP contribution in [0.1, 0.15) is 16.1 Å². The van der Waals surface area contributed by atoms with E-state index < -0.39 is 6.10 Å². The van der Waals surface area contributed by atoms with Gasteiger partial charge in [-0.1, -0.05) is 18.2 Å². The van der Waals surface area contributed by atoms with Crippen LogP contribution in [0.15, 0.2) is 40.7 Å². The van der Waals surface area contributed by atoms with E-state index in [0.717, 1.165) is 16.9 Å². The molecule has 7 heteroatoms. The standard InChI is InChI=1S/C18H19N3O3S/c22-16-8-21(7-14(16)20-18(23)15-10-25-11-19-15)6-12-5-13-3-1-2-4-17(13)24-9-12/h1-5,10-11,14,16,22H,6-9H2,(H,20,23)/t14-,16-/m1/s1. The minimum absolute atomic E-state index is 0.235. The Balaban J connectivity index is 1.37. The monoisotopic (exact) mass is 357 g/mol. The van der Waals surface area contributed by atoms with Crippen molar-refractivity contribution in [1.82, 2.24) is 15.2 Å². The lowest BCUT2D eigenvalue weighted by Gasteiger charge is -2.22. The van der Waals surface area contributed by atoms with Crippen LogP contribution in [-0.2, 0) is 0 Å². The van der Waals surface area contributed by atoms with Gasteiger partial charge in [0.1, 0.15) is 18.1 Å². The molecule has 1 fully saturated rings. The van der Waals surface area contributed by atoms with Crippen molar-refractivity contribution in [2.45, 2.75) is 12.1 Å². The number of nitrogens with one attached hydrogen (secondary N) is 1. The van der Waals surface area contributed by atoms with E-state index >= 15 is 0 Å². The Bertz CT molecular complexity index is 791. The number of aliphatic hydroxyl groups excluding tert-OH is 1. The normalized spacial score (nSPS) is 22.8. The Hall–Kier alpha value is -2.22. The highest BCUT2D eigenvalue weighted by atomic mass is 32.1. The number of likely N-dealkylation sites (tertiary alicyclic amines) is 1. The first-order valence-corrected chi connectivity index (χ1v) is 9.14. The third kappa shape index (κ3) is 3.58. The second-order valence-corrected chi connectivity index (χ2v) is 7.06. The number of hydrogen-bond acceptors (Lipinski definition) is 6. The molecule has 0 radical (unpaired) electrons. The first-order chi connectivity index (χ1) is 12.2. The number of fused-ring (bicyclic) bond motifs is 1. The molecule has 0 bridgehead atoms. The Morgan fingerprint density at radius 1 is 1.40 bits per heavy atom. The summed E-state index contributed by atoms with van der Waals surface area (Å²) >= 11 is 1.38. The van der Waals surface area contributed by atoms with Crippen molar-refractivity contribution in [3.05, 3.63) is 52.0 Å². The largest absolute Gasteiger partial charge is 0.489 e. The minimum Gasteiger partial charge on any atom is -0.489 e. The summed E-state index contributed by atoms with van der Waals surface area (Å²) in [4.78, 5) is 18.3. The Morgan fingerprint density at radius 3 is 3.12 bits per heavy atom. The fourth-order valence-electron chi connectivity index (χ4n) is 3.25. The second-order valence-electron chi connectivity index (χ2n) is 6.34. The molecule has 3 heterocycles. The summed E-state index contributed by atoms with van der Waals surface area (Å²) < 4.78 is 5.78. The number of ether oxygens (including phenoxy) is 1. The zero-order chi connectivity index (χ0) is 17.2. The molecule has 0 aliphatic carbocycles. The minimum atomic E-state index is -0.583. The summed E-state index contributed by atoms with van der Waals surface area (Å²) in [6.45, 7) is 2.41. The van der Waals surface area contributed by atoms with Crippen LogP contribution in [0, 0.1) is 0 Å². The quantitative estimate of drug-likeness (QED) is 0.865. The molecule has 2 aromatic rings. The molecule has 1 saturated heterocycles. The van der Waals surface area contributed by atoms with Crippen LogP contribution in [0.25, 0.3) is 6.08 Å². The zero-order valence-electron chi connectivity index (χ0n) is 13.6. The number of benzene rings is 1. The molecular formula is C18H19N3O3S. The number of thiazole rings is 1. The summed E-state index contributed by atoms with van der Waals surface area (Å²) in [6, 6.07) is 7.66. The van der Waals surface area contributed by atoms with Gasteiger partial charge >= 0.3 is 0 Å². The van der Waals surface area contributed by atoms with Crippen molar-refractivity contribution < 1.29 is 14.6 Å². The number of aliphatic hydroxyl groups is 1. The molecule has 4 rings (SSSR count). The lowest BCUT2D eigenvalue weighted by molar-refractivity contribution is 0.0884. The maximum atomic E-state index is 12.1. The van der Waals surface area contributed by atoms with Crippen LogP contribution in [-0.4, -0.2) is 59.3 Å². The number of aromatic nitrogens is 1. The van der Waals surface area contributed by atoms with Gasteiger partial charge in [0, 0.05) is 30.6 Å². The van der Waals surface area contributed by atoms with Gasteiger partial charge in [-0.15, -0.1) is 11.3 Å². The number of para-hydroxylation sites is 1. The lowest BCUT2D eigenvalue weighted by Crippen LogP contribution is -2.43. The highest BCUT2D eigenvalue weighted by molar-refractivity contribution is 7.07. The van der Waals surface area contributed by atoms with Crippen molar-refractivity contribution in [1.29, 1.82) is 0 Å². The molecule has 2 N–H and O–H groups in total. The van der Waals surface area contributed by atoms with Gasteiger partial charge in [-0.25, -0.2) is 4.98 Å². The highest BCUT2D eigenvalue weighted by Gasteiger charge is 2.33. The number of β-amino-alcohol motifs (C(OH)–C–C–N with tert-alkyl or cyclic N) is 1. The van der Waals surface area contributed by atoms with Crippen molar-refractivity contribution >= 4 is 23.3 Å². The van der Waals surface area contributed by atoms with Gasteiger partial charge in [0.25, 0.3) is 5.91 Å². The number of rotatable bonds is 4. The van der Waals surface area contributed by atoms with Crippen LogP contribution in [0.5, 0.6) is 5.75 Å². The summed E-state index contributed by atoms with van der Waals surface area (Å²) in [5.41, 5.74) is 4.27. The molecular weight excluding hydrogens is 338 g/mol. The zero-order valence-corrected chi connectivity index (χ0v) is 14.4. The lowest BCUT2D eigenvalue weighted by atomic mass is 10.1. The molecule has 6 nitrogen and oxygen atoms in total. The molecule has 130 valence electrons. The van der Waals surface area contributed by atoms with Gasteiger partial charge in [0.15, 0.2) is 0 Å². The third-order valence-corrected chi connectivity index (χ3v) is 5.05. The molecule has 1 amide bonds. The molecule has 1 aromatic carbocycles. The molecule has 2 atom stereocenters. The van der Waals surface area contributed by atoms with Crippen molar-refractivity contribution in [2.75, 3.05) is 26.2 Å². The summed E-state index contributed by atoms with van der Waals surface area (Å²) in [7, 11) is 0. The molecule has 2 aliphatic rings. The average molecular weight is 357 g/mol. The number of carbonyl (C=O) groups is 1. The van der Waals surface area contributed by atoms with E-state index in [4.69, 9.17) is 4.74 Å². The van der Waals surface area contributed by atoms with Crippen molar-refractivity contribution in [2.24, 2.45) is 0 Å². The van der Waals surface area contributed by atoms with E-state index in [9.17, 15) is 9.90 Å². The molecule has 0 spiro atoms. The Labute approximate surface area is 149 Å². The molecule has 0 saturated carbocycles. The predicted molar refractivity (Wildman–Crippen MR) is 95.7 cm³/mol. The van der Waals surface area contributed by atoms with Crippen LogP contribution in [0.4, 0.5) is 0 Å². The SMILES string of the molecule is O=C(N[C@@H]1CN(CC2=Cc3ccccc3OC2)C[C@H]1O)c1cscn1. The number of hydrogen-bond donors (Lipinski definition) is 2. The highest BCUT2D eigenvalue weighted by Crippen LogP contribution is 2.26. The second kappa shape index (κ2) is 6.95. The van der Waals surface area contributed by atoms with Crippen LogP contribution in [0.2, 0.25) is 0 Å². The fraction of sp³-hybridized carbons (Fsp3) is 0.333. The Kier molecular flexibility index (Phi) is 4.52. The van der Waals surface area contributed by atoms with E-state index in [-0.39, 0.29) is 11.9 Å². The third-order valence-electron chi connectivity index (χ3n) is 4.46. The maximum Gasteiger partial charge on any atom is 0.271 e. The molecule has 1 aromatic heterocycles. The van der Waals surface area contributed by atoms with Gasteiger partial charge in [0.2, 0.25) is 0 Å². The summed E-state index contributed by atoms with van der Waals surface area (Å²) in [6.07, 6.45) is 1.56. The Morgan fingerprint density at radius 2 is 2.28 bits per heavy atom. The van der Waals surface area contributed by atoms with Gasteiger partial charge in [-0.05, 0) is 17.7 Å². The number of carbonyl (C=O) groups excluding carboxylic acids is 1. The van der Waals surface area contributed by atoms with Crippen LogP contribution in [0.3, 0.4) is 0 Å². The van der Waals surface area contributed by atoms with Gasteiger partial charge in [-0.2, -0.15) is 0 Å². The van der Waals surface area contributed by atoms with Gasteiger partial charge < -0.3 is 15.2 Å². The number of amides is 1. The van der Waals surface area contributed by atoms with E-state index in [1.807, 2.05) is 24.3 Å². The molecule has 25 heavy (non-hydrogen) atoms. The van der Waals surface area contributed by atoms with Gasteiger partial charge in [0.05, 0.1) is 17.7 Å². The predicted octanol–water partition coefficient (Wildman–Crippen LogP) is 1.39. The first kappa shape index (κ1) is 16.3. The van der Waals surface area contributed by atoms with Gasteiger partial charge in [-0.3, -0.25) is 9.69 Å².